The maximum Gasteiger partial charge on any atom is 0.219 e. The van der Waals surface area contributed by atoms with Crippen molar-refractivity contribution in [1.29, 1.82) is 0 Å². The third-order valence-corrected chi connectivity index (χ3v) is 6.16. The number of alkyl halides is 2. The summed E-state index contributed by atoms with van der Waals surface area (Å²) < 4.78 is 5.45. The van der Waals surface area contributed by atoms with Crippen LogP contribution in [0.2, 0.25) is 0 Å². The number of aryl methyl sites for hydroxylation is 2. The van der Waals surface area contributed by atoms with Crippen molar-refractivity contribution in [2.45, 2.75) is 30.2 Å². The van der Waals surface area contributed by atoms with Gasteiger partial charge in [0.05, 0.1) is 0 Å². The largest absolute Gasteiger partial charge is 0.459 e. The second-order valence-corrected chi connectivity index (χ2v) is 8.16. The molecule has 0 bridgehead atoms. The van der Waals surface area contributed by atoms with E-state index in [9.17, 15) is 0 Å². The van der Waals surface area contributed by atoms with Gasteiger partial charge in [0, 0.05) is 5.56 Å². The molecule has 0 amide bonds. The summed E-state index contributed by atoms with van der Waals surface area (Å²) in [6.07, 6.45) is 0. The number of hydrogen-bond donors (Lipinski definition) is 0. The highest BCUT2D eigenvalue weighted by atomic mass is 79.9. The van der Waals surface area contributed by atoms with E-state index in [2.05, 4.69) is 93.2 Å². The molecule has 0 fully saturated rings. The summed E-state index contributed by atoms with van der Waals surface area (Å²) in [7, 11) is 0. The zero-order valence-electron chi connectivity index (χ0n) is 12.7. The minimum atomic E-state index is -0.437. The highest BCUT2D eigenvalue weighted by Crippen LogP contribution is 2.37. The normalized spacial score (nSPS) is 24.0. The summed E-state index contributed by atoms with van der Waals surface area (Å²) in [5, 5.41) is -0.170. The van der Waals surface area contributed by atoms with Crippen LogP contribution in [0.3, 0.4) is 0 Å². The van der Waals surface area contributed by atoms with E-state index in [1.165, 1.54) is 16.7 Å². The summed E-state index contributed by atoms with van der Waals surface area (Å²) in [5.41, 5.74) is 5.86. The number of benzene rings is 2. The predicted octanol–water partition coefficient (Wildman–Crippen LogP) is 5.58. The fourth-order valence-corrected chi connectivity index (χ4v) is 3.06. The topological polar surface area (TPSA) is 21.6 Å². The lowest BCUT2D eigenvalue weighted by molar-refractivity contribution is 0.286. The summed E-state index contributed by atoms with van der Waals surface area (Å²) >= 11 is 7.10. The third kappa shape index (κ3) is 2.86. The van der Waals surface area contributed by atoms with Gasteiger partial charge in [0.1, 0.15) is 0 Å². The summed E-state index contributed by atoms with van der Waals surface area (Å²) in [6.45, 7) is 6.19. The van der Waals surface area contributed by atoms with Gasteiger partial charge in [-0.25, -0.2) is 4.99 Å². The van der Waals surface area contributed by atoms with Gasteiger partial charge in [0.15, 0.2) is 9.46 Å². The van der Waals surface area contributed by atoms with Crippen LogP contribution in [0, 0.1) is 13.8 Å². The quantitative estimate of drug-likeness (QED) is 0.457. The van der Waals surface area contributed by atoms with Crippen molar-refractivity contribution < 1.29 is 4.74 Å². The van der Waals surface area contributed by atoms with Gasteiger partial charge in [-0.2, -0.15) is 0 Å². The van der Waals surface area contributed by atoms with E-state index in [4.69, 9.17) is 4.74 Å². The molecule has 4 heteroatoms. The zero-order valence-corrected chi connectivity index (χ0v) is 15.9. The van der Waals surface area contributed by atoms with Crippen molar-refractivity contribution in [3.8, 4) is 11.1 Å². The Kier molecular flexibility index (Phi) is 4.17. The lowest BCUT2D eigenvalue weighted by Crippen LogP contribution is -2.21. The molecule has 1 aliphatic rings. The standard InChI is InChI=1S/C18H17Br2NO/c1-11-6-4-5-7-14(11)13-9-8-12(2)15(10-13)16-21-18(3,20)17(19)22-16/h4-10,17H,1-3H3/t17?,18-/m1/s1. The summed E-state index contributed by atoms with van der Waals surface area (Å²) in [4.78, 5) is 4.65. The third-order valence-electron chi connectivity index (χ3n) is 3.87. The molecule has 114 valence electrons. The number of hydrogen-bond acceptors (Lipinski definition) is 2. The van der Waals surface area contributed by atoms with Gasteiger partial charge >= 0.3 is 0 Å². The lowest BCUT2D eigenvalue weighted by atomic mass is 9.96. The van der Waals surface area contributed by atoms with Crippen LogP contribution in [-0.2, 0) is 4.74 Å². The number of nitrogens with zero attached hydrogens (tertiary/aromatic N) is 1. The maximum absolute atomic E-state index is 5.88. The van der Waals surface area contributed by atoms with Crippen molar-refractivity contribution >= 4 is 37.8 Å². The molecule has 0 saturated heterocycles. The van der Waals surface area contributed by atoms with Crippen molar-refractivity contribution in [2.75, 3.05) is 0 Å². The van der Waals surface area contributed by atoms with Crippen LogP contribution in [0.4, 0.5) is 0 Å². The summed E-state index contributed by atoms with van der Waals surface area (Å²) in [5.74, 6) is 0.675. The van der Waals surface area contributed by atoms with E-state index in [-0.39, 0.29) is 5.01 Å². The van der Waals surface area contributed by atoms with Crippen LogP contribution in [0.1, 0.15) is 23.6 Å². The Morgan fingerprint density at radius 1 is 1.05 bits per heavy atom. The van der Waals surface area contributed by atoms with Gasteiger partial charge in [0.25, 0.3) is 0 Å². The summed E-state index contributed by atoms with van der Waals surface area (Å²) in [6, 6.07) is 14.8. The molecular formula is C18H17Br2NO. The number of ether oxygens (including phenoxy) is 1. The Bertz CT molecular complexity index is 753. The Morgan fingerprint density at radius 2 is 1.73 bits per heavy atom. The molecule has 0 spiro atoms. The Morgan fingerprint density at radius 3 is 2.36 bits per heavy atom. The zero-order chi connectivity index (χ0) is 15.9. The molecule has 2 aromatic rings. The smallest absolute Gasteiger partial charge is 0.219 e. The first-order valence-corrected chi connectivity index (χ1v) is 8.86. The van der Waals surface area contributed by atoms with E-state index < -0.39 is 4.45 Å². The van der Waals surface area contributed by atoms with E-state index in [1.54, 1.807) is 0 Å². The minimum absolute atomic E-state index is 0.170. The molecule has 1 aliphatic heterocycles. The second kappa shape index (κ2) is 5.82. The molecule has 1 unspecified atom stereocenters. The van der Waals surface area contributed by atoms with E-state index in [0.29, 0.717) is 5.90 Å². The first kappa shape index (κ1) is 15.8. The second-order valence-electron chi connectivity index (χ2n) is 5.72. The molecule has 3 rings (SSSR count). The first-order valence-electron chi connectivity index (χ1n) is 7.15. The fraction of sp³-hybridized carbons (Fsp3) is 0.278. The Balaban J connectivity index is 2.08. The fourth-order valence-electron chi connectivity index (χ4n) is 2.52. The molecule has 0 aliphatic carbocycles. The van der Waals surface area contributed by atoms with E-state index in [0.717, 1.165) is 11.1 Å². The van der Waals surface area contributed by atoms with Crippen LogP contribution in [0.5, 0.6) is 0 Å². The Labute approximate surface area is 147 Å². The first-order chi connectivity index (χ1) is 10.4. The van der Waals surface area contributed by atoms with Gasteiger partial charge in [-0.05, 0) is 65.0 Å². The highest BCUT2D eigenvalue weighted by Gasteiger charge is 2.39. The average Bonchev–Trinajstić information content (AvgIpc) is 2.74. The molecule has 22 heavy (non-hydrogen) atoms. The number of aliphatic imine (C=N–C) groups is 1. The predicted molar refractivity (Wildman–Crippen MR) is 99.0 cm³/mol. The van der Waals surface area contributed by atoms with Crippen LogP contribution in [0.15, 0.2) is 47.5 Å². The SMILES string of the molecule is Cc1ccc(-c2ccccc2C)cc1C1=N[C@@](C)(Br)C(Br)O1. The average molecular weight is 423 g/mol. The monoisotopic (exact) mass is 421 g/mol. The minimum Gasteiger partial charge on any atom is -0.459 e. The highest BCUT2D eigenvalue weighted by molar-refractivity contribution is 9.12. The van der Waals surface area contributed by atoms with Gasteiger partial charge in [-0.1, -0.05) is 52.3 Å². The van der Waals surface area contributed by atoms with Crippen molar-refractivity contribution in [2.24, 2.45) is 4.99 Å². The van der Waals surface area contributed by atoms with Gasteiger partial charge in [-0.15, -0.1) is 0 Å². The molecule has 0 N–H and O–H groups in total. The molecular weight excluding hydrogens is 406 g/mol. The molecule has 1 heterocycles. The molecule has 0 aromatic heterocycles. The van der Waals surface area contributed by atoms with E-state index in [1.807, 2.05) is 6.92 Å². The molecule has 0 radical (unpaired) electrons. The Hall–Kier alpha value is -1.13. The van der Waals surface area contributed by atoms with E-state index >= 15 is 0 Å². The van der Waals surface area contributed by atoms with Gasteiger partial charge in [-0.3, -0.25) is 0 Å². The van der Waals surface area contributed by atoms with Gasteiger partial charge in [0.2, 0.25) is 5.90 Å². The van der Waals surface area contributed by atoms with Crippen molar-refractivity contribution in [3.63, 3.8) is 0 Å². The number of halogens is 2. The molecule has 2 aromatic carbocycles. The van der Waals surface area contributed by atoms with Crippen LogP contribution in [0.25, 0.3) is 11.1 Å². The van der Waals surface area contributed by atoms with Crippen LogP contribution in [-0.4, -0.2) is 15.4 Å². The van der Waals surface area contributed by atoms with Crippen molar-refractivity contribution in [3.05, 3.63) is 59.2 Å². The molecule has 0 saturated carbocycles. The van der Waals surface area contributed by atoms with Crippen molar-refractivity contribution in [1.82, 2.24) is 0 Å². The van der Waals surface area contributed by atoms with Gasteiger partial charge < -0.3 is 4.74 Å². The lowest BCUT2D eigenvalue weighted by Gasteiger charge is -2.14. The molecule has 2 nitrogen and oxygen atoms in total. The number of rotatable bonds is 2. The molecule has 2 atom stereocenters. The van der Waals surface area contributed by atoms with Crippen LogP contribution < -0.4 is 0 Å². The maximum atomic E-state index is 5.88. The van der Waals surface area contributed by atoms with Crippen LogP contribution >= 0.6 is 31.9 Å².